The van der Waals surface area contributed by atoms with E-state index in [1.165, 1.54) is 25.5 Å². The Morgan fingerprint density at radius 3 is 2.39 bits per heavy atom. The van der Waals surface area contributed by atoms with Crippen molar-refractivity contribution in [1.82, 2.24) is 4.90 Å². The van der Waals surface area contributed by atoms with E-state index in [-0.39, 0.29) is 18.3 Å². The Bertz CT molecular complexity index is 459. The fraction of sp³-hybridized carbons (Fsp3) is 0.579. The van der Waals surface area contributed by atoms with Gasteiger partial charge in [-0.2, -0.15) is 0 Å². The molecule has 4 nitrogen and oxygen atoms in total. The molecule has 1 aromatic carbocycles. The molecule has 0 heterocycles. The molecule has 0 spiro atoms. The highest BCUT2D eigenvalue weighted by Crippen LogP contribution is 2.08. The normalized spacial score (nSPS) is 10.3. The fourth-order valence-corrected chi connectivity index (χ4v) is 2.47. The van der Waals surface area contributed by atoms with Crippen LogP contribution in [0.15, 0.2) is 30.3 Å². The van der Waals surface area contributed by atoms with Crippen LogP contribution in [0.1, 0.15) is 51.0 Å². The van der Waals surface area contributed by atoms with E-state index in [0.29, 0.717) is 13.0 Å². The molecule has 128 valence electrons. The summed E-state index contributed by atoms with van der Waals surface area (Å²) in [5.74, 6) is -0.145. The second-order valence-electron chi connectivity index (χ2n) is 5.75. The minimum atomic E-state index is -0.264. The van der Waals surface area contributed by atoms with Crippen LogP contribution < -0.4 is 0 Å². The number of esters is 1. The molecule has 4 heteroatoms. The number of carbonyl (C=O) groups excluding carboxylic acids is 2. The van der Waals surface area contributed by atoms with Crippen molar-refractivity contribution in [3.05, 3.63) is 35.9 Å². The largest absolute Gasteiger partial charge is 0.469 e. The van der Waals surface area contributed by atoms with Crippen molar-refractivity contribution in [2.75, 3.05) is 20.2 Å². The molecule has 0 aromatic heterocycles. The number of unbranched alkanes of at least 4 members (excludes halogenated alkanes) is 3. The zero-order chi connectivity index (χ0) is 16.9. The second kappa shape index (κ2) is 11.7. The molecule has 23 heavy (non-hydrogen) atoms. The quantitative estimate of drug-likeness (QED) is 0.462. The Hall–Kier alpha value is -1.84. The first kappa shape index (κ1) is 19.2. The summed E-state index contributed by atoms with van der Waals surface area (Å²) in [6, 6.07) is 10.0. The highest BCUT2D eigenvalue weighted by atomic mass is 16.5. The number of methoxy groups -OCH3 is 1. The summed E-state index contributed by atoms with van der Waals surface area (Å²) < 4.78 is 4.68. The number of benzene rings is 1. The van der Waals surface area contributed by atoms with Crippen molar-refractivity contribution in [1.29, 1.82) is 0 Å². The van der Waals surface area contributed by atoms with Gasteiger partial charge in [0.05, 0.1) is 13.5 Å². The highest BCUT2D eigenvalue weighted by Gasteiger charge is 2.15. The van der Waals surface area contributed by atoms with Crippen molar-refractivity contribution in [3.63, 3.8) is 0 Å². The van der Waals surface area contributed by atoms with Gasteiger partial charge in [-0.05, 0) is 18.4 Å². The monoisotopic (exact) mass is 319 g/mol. The van der Waals surface area contributed by atoms with Crippen molar-refractivity contribution in [2.24, 2.45) is 0 Å². The number of hydrogen-bond donors (Lipinski definition) is 0. The van der Waals surface area contributed by atoms with Gasteiger partial charge < -0.3 is 9.64 Å². The Morgan fingerprint density at radius 2 is 1.74 bits per heavy atom. The van der Waals surface area contributed by atoms with E-state index >= 15 is 0 Å². The molecule has 0 fully saturated rings. The predicted octanol–water partition coefficient (Wildman–Crippen LogP) is 3.59. The van der Waals surface area contributed by atoms with Gasteiger partial charge in [0, 0.05) is 19.5 Å². The van der Waals surface area contributed by atoms with Crippen LogP contribution >= 0.6 is 0 Å². The van der Waals surface area contributed by atoms with Gasteiger partial charge in [0.2, 0.25) is 5.91 Å². The molecular formula is C19H29NO3. The van der Waals surface area contributed by atoms with E-state index in [9.17, 15) is 9.59 Å². The van der Waals surface area contributed by atoms with E-state index in [2.05, 4.69) is 11.7 Å². The van der Waals surface area contributed by atoms with E-state index in [4.69, 9.17) is 0 Å². The van der Waals surface area contributed by atoms with Crippen LogP contribution in [0.25, 0.3) is 0 Å². The van der Waals surface area contributed by atoms with Gasteiger partial charge in [-0.25, -0.2) is 0 Å². The molecule has 0 unspecified atom stereocenters. The third-order valence-corrected chi connectivity index (χ3v) is 3.92. The average molecular weight is 319 g/mol. The fourth-order valence-electron chi connectivity index (χ4n) is 2.47. The van der Waals surface area contributed by atoms with Gasteiger partial charge in [-0.3, -0.25) is 9.59 Å². The van der Waals surface area contributed by atoms with Crippen LogP contribution in [0.4, 0.5) is 0 Å². The molecule has 0 aliphatic rings. The second-order valence-corrected chi connectivity index (χ2v) is 5.75. The van der Waals surface area contributed by atoms with Crippen molar-refractivity contribution < 1.29 is 14.3 Å². The van der Waals surface area contributed by atoms with Gasteiger partial charge in [-0.15, -0.1) is 0 Å². The molecule has 0 N–H and O–H groups in total. The summed E-state index contributed by atoms with van der Waals surface area (Å²) in [6.07, 6.45) is 5.96. The molecule has 0 radical (unpaired) electrons. The van der Waals surface area contributed by atoms with Crippen molar-refractivity contribution in [2.45, 2.75) is 51.9 Å². The minimum absolute atomic E-state index is 0.120. The third kappa shape index (κ3) is 8.38. The van der Waals surface area contributed by atoms with E-state index in [1.807, 2.05) is 35.2 Å². The van der Waals surface area contributed by atoms with Gasteiger partial charge in [-0.1, -0.05) is 56.5 Å². The van der Waals surface area contributed by atoms with Crippen LogP contribution in [0, 0.1) is 0 Å². The maximum atomic E-state index is 12.5. The lowest BCUT2D eigenvalue weighted by molar-refractivity contribution is -0.141. The van der Waals surface area contributed by atoms with Crippen LogP contribution in [0.3, 0.4) is 0 Å². The standard InChI is InChI=1S/C19H29NO3/c1-3-4-5-9-15-20(16-14-19(22)23-2)18(21)13-12-17-10-7-6-8-11-17/h6-8,10-11H,3-5,9,12-16H2,1-2H3. The van der Waals surface area contributed by atoms with Crippen molar-refractivity contribution in [3.8, 4) is 0 Å². The number of aryl methyl sites for hydroxylation is 1. The van der Waals surface area contributed by atoms with Crippen molar-refractivity contribution >= 4 is 11.9 Å². The average Bonchev–Trinajstić information content (AvgIpc) is 2.59. The number of rotatable bonds is 11. The van der Waals surface area contributed by atoms with E-state index < -0.39 is 0 Å². The minimum Gasteiger partial charge on any atom is -0.469 e. The summed E-state index contributed by atoms with van der Waals surface area (Å²) in [6.45, 7) is 3.34. The first-order valence-electron chi connectivity index (χ1n) is 8.56. The summed E-state index contributed by atoms with van der Waals surface area (Å²) in [5.41, 5.74) is 1.17. The zero-order valence-corrected chi connectivity index (χ0v) is 14.4. The SMILES string of the molecule is CCCCCCN(CCC(=O)OC)C(=O)CCc1ccccc1. The first-order chi connectivity index (χ1) is 11.2. The highest BCUT2D eigenvalue weighted by molar-refractivity contribution is 5.77. The lowest BCUT2D eigenvalue weighted by atomic mass is 10.1. The summed E-state index contributed by atoms with van der Waals surface area (Å²) in [7, 11) is 1.38. The number of nitrogens with zero attached hydrogens (tertiary/aromatic N) is 1. The maximum absolute atomic E-state index is 12.5. The van der Waals surface area contributed by atoms with E-state index in [1.54, 1.807) is 0 Å². The van der Waals surface area contributed by atoms with Crippen LogP contribution in [0.5, 0.6) is 0 Å². The molecule has 0 bridgehead atoms. The maximum Gasteiger partial charge on any atom is 0.307 e. The van der Waals surface area contributed by atoms with Crippen LogP contribution in [-0.2, 0) is 20.7 Å². The number of ether oxygens (including phenoxy) is 1. The summed E-state index contributed by atoms with van der Waals surface area (Å²) in [5, 5.41) is 0. The number of amides is 1. The lowest BCUT2D eigenvalue weighted by Crippen LogP contribution is -2.34. The molecule has 1 aromatic rings. The molecule has 0 saturated carbocycles. The smallest absolute Gasteiger partial charge is 0.307 e. The van der Waals surface area contributed by atoms with Gasteiger partial charge >= 0.3 is 5.97 Å². The molecular weight excluding hydrogens is 290 g/mol. The molecule has 1 amide bonds. The first-order valence-corrected chi connectivity index (χ1v) is 8.56. The summed E-state index contributed by atoms with van der Waals surface area (Å²) >= 11 is 0. The third-order valence-electron chi connectivity index (χ3n) is 3.92. The predicted molar refractivity (Wildman–Crippen MR) is 92.1 cm³/mol. The molecule has 1 rings (SSSR count). The van der Waals surface area contributed by atoms with E-state index in [0.717, 1.165) is 25.8 Å². The molecule has 0 atom stereocenters. The van der Waals surface area contributed by atoms with Crippen LogP contribution in [-0.4, -0.2) is 37.0 Å². The van der Waals surface area contributed by atoms with Gasteiger partial charge in [0.25, 0.3) is 0 Å². The Morgan fingerprint density at radius 1 is 1.00 bits per heavy atom. The van der Waals surface area contributed by atoms with Crippen LogP contribution in [0.2, 0.25) is 0 Å². The zero-order valence-electron chi connectivity index (χ0n) is 14.4. The number of hydrogen-bond acceptors (Lipinski definition) is 3. The molecule has 0 aliphatic carbocycles. The number of carbonyl (C=O) groups is 2. The van der Waals surface area contributed by atoms with Gasteiger partial charge in [0.15, 0.2) is 0 Å². The Labute approximate surface area is 139 Å². The Balaban J connectivity index is 2.47. The topological polar surface area (TPSA) is 46.6 Å². The summed E-state index contributed by atoms with van der Waals surface area (Å²) in [4.78, 5) is 25.6. The van der Waals surface area contributed by atoms with Gasteiger partial charge in [0.1, 0.15) is 0 Å². The lowest BCUT2D eigenvalue weighted by Gasteiger charge is -2.22. The molecule has 0 aliphatic heterocycles. The Kier molecular flexibility index (Phi) is 9.76. The molecule has 0 saturated heterocycles.